The molecule has 0 aromatic rings. The van der Waals surface area contributed by atoms with E-state index in [1.165, 1.54) is 0 Å². The molecule has 0 radical (unpaired) electrons. The molecule has 11 bridgehead atoms. The van der Waals surface area contributed by atoms with Crippen LogP contribution in [0.15, 0.2) is 24.3 Å². The molecular weight excluding hydrogens is 682 g/mol. The van der Waals surface area contributed by atoms with Crippen molar-refractivity contribution in [3.8, 4) is 0 Å². The quantitative estimate of drug-likeness (QED) is 0.404. The van der Waals surface area contributed by atoms with Crippen molar-refractivity contribution >= 4 is 5.78 Å². The Morgan fingerprint density at radius 3 is 2.30 bits per heavy atom. The average Bonchev–Trinajstić information content (AvgIpc) is 3.77. The summed E-state index contributed by atoms with van der Waals surface area (Å²) in [5.74, 6) is -0.592. The van der Waals surface area contributed by atoms with Crippen LogP contribution in [0.3, 0.4) is 0 Å². The molecule has 9 saturated heterocycles. The highest BCUT2D eigenvalue weighted by Crippen LogP contribution is 2.52. The molecule has 3 N–H and O–H groups in total. The van der Waals surface area contributed by atoms with Crippen molar-refractivity contribution in [2.75, 3.05) is 13.7 Å². The summed E-state index contributed by atoms with van der Waals surface area (Å²) in [4.78, 5) is 14.1. The normalized spacial score (nSPS) is 51.8. The van der Waals surface area contributed by atoms with E-state index in [0.29, 0.717) is 12.8 Å². The van der Waals surface area contributed by atoms with E-state index in [1.807, 2.05) is 0 Å². The van der Waals surface area contributed by atoms with Gasteiger partial charge in [-0.15, -0.1) is 0 Å². The molecule has 0 aromatic heterocycles. The maximum absolute atomic E-state index is 14.1. The summed E-state index contributed by atoms with van der Waals surface area (Å²) in [7, 11) is 1.66. The number of hydrogen-bond acceptors (Lipinski definition) is 12. The van der Waals surface area contributed by atoms with E-state index in [0.717, 1.165) is 75.4 Å². The molecule has 1 spiro atoms. The Labute approximate surface area is 313 Å². The van der Waals surface area contributed by atoms with Gasteiger partial charge in [-0.3, -0.25) is 4.79 Å². The smallest absolute Gasteiger partial charge is 0.169 e. The third kappa shape index (κ3) is 7.04. The van der Waals surface area contributed by atoms with E-state index in [1.54, 1.807) is 7.11 Å². The van der Waals surface area contributed by atoms with Gasteiger partial charge < -0.3 is 53.5 Å². The standard InChI is InChI=1S/C41H61NO11/c1-20-13-25-5-7-29-21(2)14-27(46-29)9-11-41-12-10-31-37(52-41)38-39(51-31)40(53-41)36-30(50-38)8-6-26(48-36)15-23(43)16-28-33(18-32(47-25)22(20)3)49-34(35(28)45-4)17-24(44)19-42/h20,24-40,44H,2-3,5-19,42H2,1,4H3/t20-,24?,25?,26?,27?,28?,29?,30+,31-,32-,33+,34-,35-,36?,37?,38?,39?,40?,41?/m1/s1. The van der Waals surface area contributed by atoms with Gasteiger partial charge in [0, 0.05) is 58.1 Å². The van der Waals surface area contributed by atoms with Crippen LogP contribution >= 0.6 is 0 Å². The predicted octanol–water partition coefficient (Wildman–Crippen LogP) is 3.83. The van der Waals surface area contributed by atoms with Crippen molar-refractivity contribution < 1.29 is 52.5 Å². The number of carbonyl (C=O) groups is 1. The average molecular weight is 744 g/mol. The van der Waals surface area contributed by atoms with E-state index in [2.05, 4.69) is 20.1 Å². The van der Waals surface area contributed by atoms with Crippen LogP contribution in [0.4, 0.5) is 0 Å². The highest BCUT2D eigenvalue weighted by Gasteiger charge is 2.66. The van der Waals surface area contributed by atoms with Crippen molar-refractivity contribution in [2.24, 2.45) is 17.6 Å². The Bertz CT molecular complexity index is 1400. The van der Waals surface area contributed by atoms with Gasteiger partial charge in [-0.2, -0.15) is 0 Å². The molecular formula is C41H61NO11. The van der Waals surface area contributed by atoms with E-state index in [4.69, 9.17) is 48.4 Å². The van der Waals surface area contributed by atoms with Gasteiger partial charge in [-0.1, -0.05) is 20.1 Å². The first kappa shape index (κ1) is 37.3. The number of aliphatic hydroxyl groups excluding tert-OH is 1. The predicted molar refractivity (Wildman–Crippen MR) is 191 cm³/mol. The largest absolute Gasteiger partial charge is 0.392 e. The Kier molecular flexibility index (Phi) is 10.5. The lowest BCUT2D eigenvalue weighted by Gasteiger charge is -2.49. The summed E-state index contributed by atoms with van der Waals surface area (Å²) < 4.78 is 60.4. The zero-order valence-electron chi connectivity index (χ0n) is 31.5. The molecule has 19 atom stereocenters. The SMILES string of the molecule is C=C1CC2CCC34CC[C@H]5OC6C(O3)C3OC(CC[C@@H]3OC6C5O4)CC(=O)CC3[C@H](C[C@H]4OC(CCC1O2)C[C@@H](C)C4=C)O[C@H](CC(O)CN)[C@@H]3OC. The molecule has 296 valence electrons. The zero-order chi connectivity index (χ0) is 36.6. The second-order valence-electron chi connectivity index (χ2n) is 17.8. The van der Waals surface area contributed by atoms with Crippen LogP contribution in [0.5, 0.6) is 0 Å². The monoisotopic (exact) mass is 743 g/mol. The maximum Gasteiger partial charge on any atom is 0.169 e. The summed E-state index contributed by atoms with van der Waals surface area (Å²) in [5.41, 5.74) is 8.03. The molecule has 12 nitrogen and oxygen atoms in total. The van der Waals surface area contributed by atoms with Crippen molar-refractivity contribution in [2.45, 2.75) is 200 Å². The van der Waals surface area contributed by atoms with Crippen LogP contribution in [-0.4, -0.2) is 128 Å². The number of ether oxygens (including phenoxy) is 9. The first-order chi connectivity index (χ1) is 25.6. The number of Topliss-reactive ketones (excluding diaryl/α,β-unsaturated/α-hetero) is 1. The molecule has 0 amide bonds. The van der Waals surface area contributed by atoms with Crippen molar-refractivity contribution in [1.29, 1.82) is 0 Å². The molecule has 9 fully saturated rings. The molecule has 9 aliphatic heterocycles. The number of carbonyl (C=O) groups excluding carboxylic acids is 1. The molecule has 12 heteroatoms. The van der Waals surface area contributed by atoms with E-state index in [9.17, 15) is 9.90 Å². The maximum atomic E-state index is 14.1. The van der Waals surface area contributed by atoms with Gasteiger partial charge in [-0.25, -0.2) is 0 Å². The topological polar surface area (TPSA) is 146 Å². The lowest BCUT2D eigenvalue weighted by Crippen LogP contribution is -2.62. The third-order valence-corrected chi connectivity index (χ3v) is 14.3. The number of aliphatic hydroxyl groups is 1. The minimum Gasteiger partial charge on any atom is -0.392 e. The highest BCUT2D eigenvalue weighted by molar-refractivity contribution is 5.79. The van der Waals surface area contributed by atoms with E-state index in [-0.39, 0.29) is 122 Å². The summed E-state index contributed by atoms with van der Waals surface area (Å²) >= 11 is 0. The van der Waals surface area contributed by atoms with Crippen LogP contribution in [-0.2, 0) is 47.4 Å². The van der Waals surface area contributed by atoms with E-state index >= 15 is 0 Å². The minimum atomic E-state index is -0.753. The summed E-state index contributed by atoms with van der Waals surface area (Å²) in [6.07, 6.45) is 5.87. The zero-order valence-corrected chi connectivity index (χ0v) is 31.5. The Morgan fingerprint density at radius 2 is 1.49 bits per heavy atom. The summed E-state index contributed by atoms with van der Waals surface area (Å²) in [6.45, 7) is 11.3. The van der Waals surface area contributed by atoms with Gasteiger partial charge in [0.05, 0.1) is 67.1 Å². The fourth-order valence-electron chi connectivity index (χ4n) is 11.4. The third-order valence-electron chi connectivity index (χ3n) is 14.3. The number of ketones is 1. The fourth-order valence-corrected chi connectivity index (χ4v) is 11.4. The Hall–Kier alpha value is -1.29. The summed E-state index contributed by atoms with van der Waals surface area (Å²) in [6, 6.07) is 0. The van der Waals surface area contributed by atoms with E-state index < -0.39 is 18.0 Å². The van der Waals surface area contributed by atoms with Crippen molar-refractivity contribution in [3.05, 3.63) is 24.3 Å². The lowest BCUT2D eigenvalue weighted by atomic mass is 9.81. The first-order valence-electron chi connectivity index (χ1n) is 20.7. The van der Waals surface area contributed by atoms with Crippen LogP contribution in [0, 0.1) is 11.8 Å². The van der Waals surface area contributed by atoms with Crippen LogP contribution < -0.4 is 5.73 Å². The van der Waals surface area contributed by atoms with Crippen LogP contribution in [0.2, 0.25) is 0 Å². The number of nitrogens with two attached hydrogens (primary N) is 1. The van der Waals surface area contributed by atoms with Crippen molar-refractivity contribution in [1.82, 2.24) is 0 Å². The Balaban J connectivity index is 0.998. The van der Waals surface area contributed by atoms with Gasteiger partial charge in [0.15, 0.2) is 5.79 Å². The van der Waals surface area contributed by atoms with Crippen LogP contribution in [0.25, 0.3) is 0 Å². The molecule has 12 unspecified atom stereocenters. The Morgan fingerprint density at radius 1 is 0.774 bits per heavy atom. The first-order valence-corrected chi connectivity index (χ1v) is 20.7. The second kappa shape index (κ2) is 14.9. The van der Waals surface area contributed by atoms with Crippen molar-refractivity contribution in [3.63, 3.8) is 0 Å². The van der Waals surface area contributed by atoms with Gasteiger partial charge in [0.1, 0.15) is 36.3 Å². The minimum absolute atomic E-state index is 0.0133. The fraction of sp³-hybridized carbons (Fsp3) is 0.878. The number of hydrogen-bond donors (Lipinski definition) is 2. The van der Waals surface area contributed by atoms with Gasteiger partial charge in [0.2, 0.25) is 0 Å². The second-order valence-corrected chi connectivity index (χ2v) is 17.8. The number of methoxy groups -OCH3 is 1. The molecule has 9 heterocycles. The lowest BCUT2D eigenvalue weighted by molar-refractivity contribution is -0.345. The molecule has 53 heavy (non-hydrogen) atoms. The molecule has 9 rings (SSSR count). The van der Waals surface area contributed by atoms with Gasteiger partial charge >= 0.3 is 0 Å². The van der Waals surface area contributed by atoms with Gasteiger partial charge in [-0.05, 0) is 68.4 Å². The molecule has 9 aliphatic rings. The van der Waals surface area contributed by atoms with Gasteiger partial charge in [0.25, 0.3) is 0 Å². The highest BCUT2D eigenvalue weighted by atomic mass is 16.8. The molecule has 0 saturated carbocycles. The summed E-state index contributed by atoms with van der Waals surface area (Å²) in [5, 5.41) is 10.6. The van der Waals surface area contributed by atoms with Crippen LogP contribution in [0.1, 0.15) is 96.8 Å². The molecule has 0 aliphatic carbocycles. The number of fused-ring (bicyclic) bond motifs is 6. The molecule has 0 aromatic carbocycles. The number of rotatable bonds is 4.